The highest BCUT2D eigenvalue weighted by molar-refractivity contribution is 7.87. The van der Waals surface area contributed by atoms with Crippen LogP contribution in [0.1, 0.15) is 84.5 Å². The van der Waals surface area contributed by atoms with Crippen LogP contribution < -0.4 is 0 Å². The van der Waals surface area contributed by atoms with Crippen molar-refractivity contribution in [2.45, 2.75) is 89.2 Å². The third kappa shape index (κ3) is 5.88. The first-order valence-electron chi connectivity index (χ1n) is 8.80. The maximum atomic E-state index is 11.9. The normalized spacial score (nSPS) is 21.9. The molecule has 1 aliphatic rings. The van der Waals surface area contributed by atoms with Gasteiger partial charge in [-0.2, -0.15) is 8.42 Å². The van der Waals surface area contributed by atoms with E-state index < -0.39 is 14.9 Å². The molecule has 4 heteroatoms. The molecular formula is C18H32O3S. The van der Waals surface area contributed by atoms with Crippen LogP contribution in [0.15, 0.2) is 23.8 Å². The van der Waals surface area contributed by atoms with Crippen molar-refractivity contribution in [1.29, 1.82) is 0 Å². The van der Waals surface area contributed by atoms with E-state index in [1.54, 1.807) is 6.08 Å². The van der Waals surface area contributed by atoms with Crippen molar-refractivity contribution in [2.75, 3.05) is 0 Å². The second kappa shape index (κ2) is 9.51. The molecule has 0 amide bonds. The molecule has 3 nitrogen and oxygen atoms in total. The average molecular weight is 329 g/mol. The van der Waals surface area contributed by atoms with E-state index in [1.807, 2.05) is 12.2 Å². The summed E-state index contributed by atoms with van der Waals surface area (Å²) in [6.45, 7) is 4.32. The fourth-order valence-electron chi connectivity index (χ4n) is 3.00. The summed E-state index contributed by atoms with van der Waals surface area (Å²) in [5, 5.41) is 0. The van der Waals surface area contributed by atoms with Gasteiger partial charge in [0, 0.05) is 0 Å². The monoisotopic (exact) mass is 328 g/mol. The van der Waals surface area contributed by atoms with Crippen molar-refractivity contribution in [1.82, 2.24) is 0 Å². The minimum atomic E-state index is -4.06. The molecule has 0 aromatic carbocycles. The lowest BCUT2D eigenvalue weighted by Gasteiger charge is -2.29. The first-order valence-corrected chi connectivity index (χ1v) is 10.2. The molecule has 0 aliphatic heterocycles. The van der Waals surface area contributed by atoms with Crippen LogP contribution in [0.2, 0.25) is 0 Å². The van der Waals surface area contributed by atoms with Crippen LogP contribution in [-0.4, -0.2) is 17.7 Å². The maximum Gasteiger partial charge on any atom is 0.274 e. The smallest absolute Gasteiger partial charge is 0.274 e. The van der Waals surface area contributed by atoms with Crippen LogP contribution in [0, 0.1) is 0 Å². The summed E-state index contributed by atoms with van der Waals surface area (Å²) in [6, 6.07) is 0. The van der Waals surface area contributed by atoms with Crippen LogP contribution in [0.5, 0.6) is 0 Å². The van der Waals surface area contributed by atoms with Gasteiger partial charge >= 0.3 is 0 Å². The molecule has 1 unspecified atom stereocenters. The van der Waals surface area contributed by atoms with Gasteiger partial charge in [-0.1, -0.05) is 82.6 Å². The van der Waals surface area contributed by atoms with E-state index in [9.17, 15) is 13.0 Å². The fourth-order valence-corrected chi connectivity index (χ4v) is 3.93. The Hall–Kier alpha value is -0.610. The van der Waals surface area contributed by atoms with Crippen molar-refractivity contribution in [3.63, 3.8) is 0 Å². The molecule has 0 saturated carbocycles. The molecule has 0 bridgehead atoms. The lowest BCUT2D eigenvalue weighted by atomic mass is 9.89. The Bertz CT molecular complexity index is 477. The standard InChI is InChI=1S/C18H32O3S/c1-3-5-7-9-11-17-12-15-18(16-13-17,22(19,20)21)14-10-8-6-4-2/h12-13,15H,3-11,14,16H2,1-2H3,(H,19,20,21). The molecule has 1 N–H and O–H groups in total. The minimum Gasteiger partial charge on any atom is -0.285 e. The van der Waals surface area contributed by atoms with Crippen molar-refractivity contribution in [3.8, 4) is 0 Å². The molecule has 0 aromatic heterocycles. The highest BCUT2D eigenvalue weighted by Gasteiger charge is 2.40. The lowest BCUT2D eigenvalue weighted by Crippen LogP contribution is -2.37. The Morgan fingerprint density at radius 2 is 1.68 bits per heavy atom. The largest absolute Gasteiger partial charge is 0.285 e. The average Bonchev–Trinajstić information content (AvgIpc) is 2.48. The van der Waals surface area contributed by atoms with Gasteiger partial charge in [-0.3, -0.25) is 4.55 Å². The van der Waals surface area contributed by atoms with Gasteiger partial charge in [-0.15, -0.1) is 0 Å². The summed E-state index contributed by atoms with van der Waals surface area (Å²) in [4.78, 5) is 0. The first kappa shape index (κ1) is 19.4. The van der Waals surface area contributed by atoms with E-state index in [1.165, 1.54) is 24.8 Å². The Labute approximate surface area is 136 Å². The summed E-state index contributed by atoms with van der Waals surface area (Å²) in [7, 11) is -4.06. The second-order valence-corrected chi connectivity index (χ2v) is 8.24. The van der Waals surface area contributed by atoms with Gasteiger partial charge in [-0.05, 0) is 25.7 Å². The highest BCUT2D eigenvalue weighted by Crippen LogP contribution is 2.35. The van der Waals surface area contributed by atoms with Crippen molar-refractivity contribution >= 4 is 10.1 Å². The molecular weight excluding hydrogens is 296 g/mol. The maximum absolute atomic E-state index is 11.9. The molecule has 128 valence electrons. The molecule has 1 aliphatic carbocycles. The predicted octanol–water partition coefficient (Wildman–Crippen LogP) is 5.44. The molecule has 0 fully saturated rings. The Morgan fingerprint density at radius 1 is 1.05 bits per heavy atom. The van der Waals surface area contributed by atoms with Gasteiger partial charge in [-0.25, -0.2) is 0 Å². The number of hydrogen-bond acceptors (Lipinski definition) is 2. The summed E-state index contributed by atoms with van der Waals surface area (Å²) < 4.78 is 32.3. The second-order valence-electron chi connectivity index (χ2n) is 6.48. The van der Waals surface area contributed by atoms with Gasteiger partial charge in [0.2, 0.25) is 0 Å². The zero-order chi connectivity index (χ0) is 16.5. The van der Waals surface area contributed by atoms with Crippen molar-refractivity contribution in [2.24, 2.45) is 0 Å². The zero-order valence-electron chi connectivity index (χ0n) is 14.2. The molecule has 0 radical (unpaired) electrons. The first-order chi connectivity index (χ1) is 10.4. The third-order valence-corrected chi connectivity index (χ3v) is 6.13. The number of unbranched alkanes of at least 4 members (excludes halogenated alkanes) is 6. The van der Waals surface area contributed by atoms with Crippen LogP contribution in [0.4, 0.5) is 0 Å². The molecule has 0 saturated heterocycles. The van der Waals surface area contributed by atoms with Crippen molar-refractivity contribution in [3.05, 3.63) is 23.8 Å². The van der Waals surface area contributed by atoms with Crippen LogP contribution >= 0.6 is 0 Å². The SMILES string of the molecule is CCCCCCC1=CCC(CCCCCC)(S(=O)(=O)O)C=C1. The van der Waals surface area contributed by atoms with E-state index in [2.05, 4.69) is 13.8 Å². The van der Waals surface area contributed by atoms with Crippen LogP contribution in [0.25, 0.3) is 0 Å². The Balaban J connectivity index is 2.59. The fraction of sp³-hybridized carbons (Fsp3) is 0.778. The van der Waals surface area contributed by atoms with E-state index in [0.717, 1.165) is 38.5 Å². The summed E-state index contributed by atoms with van der Waals surface area (Å²) >= 11 is 0. The number of rotatable bonds is 11. The third-order valence-electron chi connectivity index (χ3n) is 4.60. The number of hydrogen-bond donors (Lipinski definition) is 1. The Kier molecular flexibility index (Phi) is 8.40. The molecule has 22 heavy (non-hydrogen) atoms. The van der Waals surface area contributed by atoms with Gasteiger partial charge in [0.25, 0.3) is 10.1 Å². The van der Waals surface area contributed by atoms with Gasteiger partial charge in [0.05, 0.1) is 0 Å². The minimum absolute atomic E-state index is 0.414. The van der Waals surface area contributed by atoms with Gasteiger partial charge < -0.3 is 0 Å². The highest BCUT2D eigenvalue weighted by atomic mass is 32.2. The molecule has 0 aromatic rings. The summed E-state index contributed by atoms with van der Waals surface area (Å²) in [5.41, 5.74) is 1.21. The molecule has 0 spiro atoms. The molecule has 1 rings (SSSR count). The molecule has 1 atom stereocenters. The van der Waals surface area contributed by atoms with E-state index in [0.29, 0.717) is 12.8 Å². The topological polar surface area (TPSA) is 54.4 Å². The van der Waals surface area contributed by atoms with Crippen LogP contribution in [-0.2, 0) is 10.1 Å². The lowest BCUT2D eigenvalue weighted by molar-refractivity contribution is 0.426. The molecule has 0 heterocycles. The quantitative estimate of drug-likeness (QED) is 0.406. The summed E-state index contributed by atoms with van der Waals surface area (Å²) in [6.07, 6.45) is 16.6. The van der Waals surface area contributed by atoms with E-state index in [4.69, 9.17) is 0 Å². The van der Waals surface area contributed by atoms with Gasteiger partial charge in [0.1, 0.15) is 4.75 Å². The summed E-state index contributed by atoms with van der Waals surface area (Å²) in [5.74, 6) is 0. The van der Waals surface area contributed by atoms with E-state index >= 15 is 0 Å². The zero-order valence-corrected chi connectivity index (χ0v) is 15.0. The van der Waals surface area contributed by atoms with E-state index in [-0.39, 0.29) is 0 Å². The number of allylic oxidation sites excluding steroid dienone is 3. The van der Waals surface area contributed by atoms with Crippen LogP contribution in [0.3, 0.4) is 0 Å². The van der Waals surface area contributed by atoms with Crippen molar-refractivity contribution < 1.29 is 13.0 Å². The van der Waals surface area contributed by atoms with Gasteiger partial charge in [0.15, 0.2) is 0 Å². The Morgan fingerprint density at radius 3 is 2.18 bits per heavy atom. The predicted molar refractivity (Wildman–Crippen MR) is 93.6 cm³/mol.